The van der Waals surface area contributed by atoms with E-state index in [1.54, 1.807) is 0 Å². The van der Waals surface area contributed by atoms with Crippen LogP contribution in [0.2, 0.25) is 5.02 Å². The summed E-state index contributed by atoms with van der Waals surface area (Å²) in [7, 11) is 0. The summed E-state index contributed by atoms with van der Waals surface area (Å²) in [5.74, 6) is 0. The first-order chi connectivity index (χ1) is 8.81. The lowest BCUT2D eigenvalue weighted by Gasteiger charge is -2.18. The average molecular weight is 263 g/mol. The Morgan fingerprint density at radius 3 is 2.17 bits per heavy atom. The van der Waals surface area contributed by atoms with Gasteiger partial charge in [0.15, 0.2) is 0 Å². The fourth-order valence-corrected chi connectivity index (χ4v) is 1.95. The Labute approximate surface area is 112 Å². The Morgan fingerprint density at radius 1 is 0.944 bits per heavy atom. The number of halogens is 1. The van der Waals surface area contributed by atoms with Crippen molar-refractivity contribution in [3.05, 3.63) is 70.7 Å². The smallest absolute Gasteiger partial charge is 0.108 e. The molecule has 1 unspecified atom stereocenters. The van der Waals surface area contributed by atoms with E-state index >= 15 is 0 Å². The first kappa shape index (κ1) is 13.1. The molecule has 2 aromatic rings. The third-order valence-corrected chi connectivity index (χ3v) is 2.90. The van der Waals surface area contributed by atoms with E-state index in [2.05, 4.69) is 0 Å². The molecule has 0 aliphatic rings. The molecule has 0 saturated carbocycles. The summed E-state index contributed by atoms with van der Waals surface area (Å²) >= 11 is 5.89. The Hall–Kier alpha value is -1.35. The lowest BCUT2D eigenvalue weighted by Crippen LogP contribution is -2.09. The van der Waals surface area contributed by atoms with Crippen molar-refractivity contribution in [1.82, 2.24) is 0 Å². The van der Waals surface area contributed by atoms with E-state index in [1.165, 1.54) is 0 Å². The molecule has 2 aromatic carbocycles. The van der Waals surface area contributed by atoms with E-state index in [0.717, 1.165) is 11.1 Å². The first-order valence-electron chi connectivity index (χ1n) is 5.84. The maximum atomic E-state index is 8.91. The van der Waals surface area contributed by atoms with Crippen LogP contribution in [0.1, 0.15) is 17.2 Å². The van der Waals surface area contributed by atoms with Crippen molar-refractivity contribution in [3.8, 4) is 0 Å². The number of benzene rings is 2. The number of rotatable bonds is 5. The number of aliphatic hydroxyl groups is 1. The fraction of sp³-hybridized carbons (Fsp3) is 0.200. The highest BCUT2D eigenvalue weighted by Crippen LogP contribution is 2.26. The molecular weight excluding hydrogens is 248 g/mol. The summed E-state index contributed by atoms with van der Waals surface area (Å²) in [6, 6.07) is 17.5. The number of aliphatic hydroxyl groups excluding tert-OH is 1. The highest BCUT2D eigenvalue weighted by Gasteiger charge is 2.13. The SMILES string of the molecule is OCCOC(c1ccccc1)c1ccc(Cl)cc1. The van der Waals surface area contributed by atoms with Crippen molar-refractivity contribution in [2.45, 2.75) is 6.10 Å². The van der Waals surface area contributed by atoms with Crippen molar-refractivity contribution in [2.75, 3.05) is 13.2 Å². The Kier molecular flexibility index (Phi) is 4.76. The van der Waals surface area contributed by atoms with Crippen LogP contribution in [0.15, 0.2) is 54.6 Å². The van der Waals surface area contributed by atoms with Gasteiger partial charge in [0.1, 0.15) is 6.10 Å². The van der Waals surface area contributed by atoms with Crippen LogP contribution in [0.5, 0.6) is 0 Å². The van der Waals surface area contributed by atoms with Gasteiger partial charge in [0, 0.05) is 5.02 Å². The molecule has 3 heteroatoms. The van der Waals surface area contributed by atoms with Gasteiger partial charge >= 0.3 is 0 Å². The van der Waals surface area contributed by atoms with E-state index in [0.29, 0.717) is 11.6 Å². The highest BCUT2D eigenvalue weighted by atomic mass is 35.5. The Morgan fingerprint density at radius 2 is 1.56 bits per heavy atom. The Balaban J connectivity index is 2.27. The van der Waals surface area contributed by atoms with Crippen LogP contribution in [0.3, 0.4) is 0 Å². The lowest BCUT2D eigenvalue weighted by atomic mass is 10.0. The normalized spacial score (nSPS) is 12.3. The van der Waals surface area contributed by atoms with Crippen LogP contribution in [0.25, 0.3) is 0 Å². The molecule has 1 N–H and O–H groups in total. The quantitative estimate of drug-likeness (QED) is 0.894. The summed E-state index contributed by atoms with van der Waals surface area (Å²) < 4.78 is 5.71. The van der Waals surface area contributed by atoms with E-state index < -0.39 is 0 Å². The van der Waals surface area contributed by atoms with Crippen LogP contribution in [0, 0.1) is 0 Å². The summed E-state index contributed by atoms with van der Waals surface area (Å²) in [4.78, 5) is 0. The van der Waals surface area contributed by atoms with Gasteiger partial charge in [0.25, 0.3) is 0 Å². The zero-order valence-electron chi connectivity index (χ0n) is 9.92. The standard InChI is InChI=1S/C15H15ClO2/c16-14-8-6-13(7-9-14)15(18-11-10-17)12-4-2-1-3-5-12/h1-9,15,17H,10-11H2. The topological polar surface area (TPSA) is 29.5 Å². The molecular formula is C15H15ClO2. The second-order valence-electron chi connectivity index (χ2n) is 3.94. The van der Waals surface area contributed by atoms with Gasteiger partial charge in [-0.1, -0.05) is 54.1 Å². The van der Waals surface area contributed by atoms with Gasteiger partial charge in [-0.3, -0.25) is 0 Å². The second kappa shape index (κ2) is 6.55. The number of ether oxygens (including phenoxy) is 1. The van der Waals surface area contributed by atoms with Gasteiger partial charge in [-0.15, -0.1) is 0 Å². The number of hydrogen-bond acceptors (Lipinski definition) is 2. The van der Waals surface area contributed by atoms with Gasteiger partial charge in [-0.25, -0.2) is 0 Å². The van der Waals surface area contributed by atoms with Crippen LogP contribution in [-0.4, -0.2) is 18.3 Å². The van der Waals surface area contributed by atoms with E-state index in [-0.39, 0.29) is 12.7 Å². The van der Waals surface area contributed by atoms with Gasteiger partial charge in [-0.2, -0.15) is 0 Å². The fourth-order valence-electron chi connectivity index (χ4n) is 1.82. The Bertz CT molecular complexity index is 468. The highest BCUT2D eigenvalue weighted by molar-refractivity contribution is 6.30. The van der Waals surface area contributed by atoms with Crippen molar-refractivity contribution in [2.24, 2.45) is 0 Å². The van der Waals surface area contributed by atoms with E-state index in [1.807, 2.05) is 54.6 Å². The third-order valence-electron chi connectivity index (χ3n) is 2.65. The van der Waals surface area contributed by atoms with Crippen molar-refractivity contribution >= 4 is 11.6 Å². The molecule has 0 aliphatic carbocycles. The molecule has 0 amide bonds. The van der Waals surface area contributed by atoms with Gasteiger partial charge < -0.3 is 9.84 Å². The zero-order valence-corrected chi connectivity index (χ0v) is 10.7. The summed E-state index contributed by atoms with van der Waals surface area (Å²) in [6.45, 7) is 0.319. The van der Waals surface area contributed by atoms with Crippen LogP contribution in [0.4, 0.5) is 0 Å². The minimum atomic E-state index is -0.171. The minimum absolute atomic E-state index is 0.0108. The van der Waals surface area contributed by atoms with E-state index in [4.69, 9.17) is 21.4 Å². The molecule has 0 spiro atoms. The van der Waals surface area contributed by atoms with Crippen molar-refractivity contribution in [3.63, 3.8) is 0 Å². The molecule has 1 atom stereocenters. The number of hydrogen-bond donors (Lipinski definition) is 1. The summed E-state index contributed by atoms with van der Waals surface area (Å²) in [5.41, 5.74) is 2.09. The van der Waals surface area contributed by atoms with E-state index in [9.17, 15) is 0 Å². The molecule has 0 aromatic heterocycles. The van der Waals surface area contributed by atoms with Gasteiger partial charge in [-0.05, 0) is 23.3 Å². The minimum Gasteiger partial charge on any atom is -0.394 e. The lowest BCUT2D eigenvalue weighted by molar-refractivity contribution is 0.0501. The van der Waals surface area contributed by atoms with Crippen molar-refractivity contribution < 1.29 is 9.84 Å². The molecule has 0 fully saturated rings. The van der Waals surface area contributed by atoms with Gasteiger partial charge in [0.05, 0.1) is 13.2 Å². The van der Waals surface area contributed by atoms with Crippen molar-refractivity contribution in [1.29, 1.82) is 0 Å². The molecule has 2 nitrogen and oxygen atoms in total. The summed E-state index contributed by atoms with van der Waals surface area (Å²) in [5, 5.41) is 9.61. The average Bonchev–Trinajstić information content (AvgIpc) is 2.42. The predicted octanol–water partition coefficient (Wildman–Crippen LogP) is 3.44. The zero-order chi connectivity index (χ0) is 12.8. The van der Waals surface area contributed by atoms with Crippen LogP contribution < -0.4 is 0 Å². The largest absolute Gasteiger partial charge is 0.394 e. The second-order valence-corrected chi connectivity index (χ2v) is 4.37. The monoisotopic (exact) mass is 262 g/mol. The summed E-state index contributed by atoms with van der Waals surface area (Å²) in [6.07, 6.45) is -0.171. The van der Waals surface area contributed by atoms with Crippen LogP contribution in [-0.2, 0) is 4.74 Å². The molecule has 0 saturated heterocycles. The third kappa shape index (κ3) is 3.33. The van der Waals surface area contributed by atoms with Crippen LogP contribution >= 0.6 is 11.6 Å². The first-order valence-corrected chi connectivity index (χ1v) is 6.22. The molecule has 0 radical (unpaired) electrons. The molecule has 0 heterocycles. The molecule has 0 bridgehead atoms. The molecule has 94 valence electrons. The molecule has 18 heavy (non-hydrogen) atoms. The molecule has 2 rings (SSSR count). The molecule has 0 aliphatic heterocycles. The maximum Gasteiger partial charge on any atom is 0.108 e. The maximum absolute atomic E-state index is 8.91. The predicted molar refractivity (Wildman–Crippen MR) is 72.8 cm³/mol. The van der Waals surface area contributed by atoms with Gasteiger partial charge in [0.2, 0.25) is 0 Å².